The number of carbonyl (C=O) groups excluding carboxylic acids is 2. The van der Waals surface area contributed by atoms with Crippen LogP contribution in [0.1, 0.15) is 38.5 Å². The molecule has 0 aromatic heterocycles. The third kappa shape index (κ3) is 3.88. The summed E-state index contributed by atoms with van der Waals surface area (Å²) >= 11 is 3.85. The molecule has 152 valence electrons. The Balaban J connectivity index is 1.36. The van der Waals surface area contributed by atoms with Crippen LogP contribution < -0.4 is 10.1 Å². The molecule has 1 N–H and O–H groups in total. The van der Waals surface area contributed by atoms with Crippen molar-refractivity contribution in [3.63, 3.8) is 0 Å². The molecule has 8 heteroatoms. The average molecular weight is 458 g/mol. The molecule has 0 spiro atoms. The molecular formula is C20H22BrF2NO4. The van der Waals surface area contributed by atoms with Crippen LogP contribution in [0, 0.1) is 17.3 Å². The number of anilines is 1. The fraction of sp³-hybridized carbons (Fsp3) is 0.600. The van der Waals surface area contributed by atoms with E-state index in [1.807, 2.05) is 0 Å². The maximum absolute atomic E-state index is 12.9. The van der Waals surface area contributed by atoms with Gasteiger partial charge >= 0.3 is 12.6 Å². The van der Waals surface area contributed by atoms with E-state index in [1.165, 1.54) is 24.6 Å². The smallest absolute Gasteiger partial charge is 0.387 e. The van der Waals surface area contributed by atoms with E-state index in [2.05, 4.69) is 26.0 Å². The van der Waals surface area contributed by atoms with Crippen molar-refractivity contribution in [1.82, 2.24) is 0 Å². The molecule has 2 unspecified atom stereocenters. The molecule has 4 aliphatic rings. The van der Waals surface area contributed by atoms with Crippen LogP contribution in [0.5, 0.6) is 5.75 Å². The first-order valence-corrected chi connectivity index (χ1v) is 10.3. The first-order valence-electron chi connectivity index (χ1n) is 9.47. The Morgan fingerprint density at radius 3 is 2.50 bits per heavy atom. The molecule has 5 nitrogen and oxygen atoms in total. The third-order valence-electron chi connectivity index (χ3n) is 6.13. The number of hydrogen-bond acceptors (Lipinski definition) is 4. The van der Waals surface area contributed by atoms with Crippen LogP contribution in [0.15, 0.2) is 24.3 Å². The summed E-state index contributed by atoms with van der Waals surface area (Å²) in [5.74, 6) is 0.00915. The van der Waals surface area contributed by atoms with Crippen LogP contribution in [0.2, 0.25) is 0 Å². The Kier molecular flexibility index (Phi) is 5.10. The first-order chi connectivity index (χ1) is 13.3. The van der Waals surface area contributed by atoms with Gasteiger partial charge in [-0.15, -0.1) is 0 Å². The van der Waals surface area contributed by atoms with Gasteiger partial charge in [0.1, 0.15) is 5.75 Å². The Labute approximate surface area is 170 Å². The molecule has 4 fully saturated rings. The fourth-order valence-electron chi connectivity index (χ4n) is 5.63. The Bertz CT molecular complexity index is 773. The van der Waals surface area contributed by atoms with Crippen molar-refractivity contribution in [1.29, 1.82) is 0 Å². The zero-order valence-corrected chi connectivity index (χ0v) is 16.8. The minimum Gasteiger partial charge on any atom is -0.455 e. The molecule has 0 heterocycles. The Hall–Kier alpha value is -1.70. The van der Waals surface area contributed by atoms with Crippen LogP contribution in [0.4, 0.5) is 14.5 Å². The van der Waals surface area contributed by atoms with Crippen LogP contribution in [-0.4, -0.2) is 29.4 Å². The van der Waals surface area contributed by atoms with E-state index in [1.54, 1.807) is 6.07 Å². The van der Waals surface area contributed by atoms with Gasteiger partial charge in [-0.1, -0.05) is 28.1 Å². The van der Waals surface area contributed by atoms with Gasteiger partial charge in [-0.2, -0.15) is 8.78 Å². The Morgan fingerprint density at radius 2 is 1.86 bits per heavy atom. The molecule has 1 aromatic rings. The van der Waals surface area contributed by atoms with Gasteiger partial charge in [-0.05, 0) is 62.5 Å². The molecule has 0 saturated heterocycles. The highest BCUT2D eigenvalue weighted by Crippen LogP contribution is 2.64. The molecule has 4 atom stereocenters. The van der Waals surface area contributed by atoms with Crippen molar-refractivity contribution < 1.29 is 27.8 Å². The zero-order valence-electron chi connectivity index (χ0n) is 15.3. The second-order valence-corrected chi connectivity index (χ2v) is 10.1. The molecule has 1 amide bonds. The van der Waals surface area contributed by atoms with Gasteiger partial charge in [0, 0.05) is 4.32 Å². The highest BCUT2D eigenvalue weighted by Gasteiger charge is 2.60. The molecule has 28 heavy (non-hydrogen) atoms. The normalized spacial score (nSPS) is 33.0. The van der Waals surface area contributed by atoms with Gasteiger partial charge in [0.05, 0.1) is 11.1 Å². The molecule has 1 aromatic carbocycles. The second kappa shape index (κ2) is 7.28. The van der Waals surface area contributed by atoms with E-state index >= 15 is 0 Å². The topological polar surface area (TPSA) is 64.6 Å². The molecule has 4 aliphatic carbocycles. The van der Waals surface area contributed by atoms with Gasteiger partial charge < -0.3 is 14.8 Å². The maximum atomic E-state index is 12.9. The third-order valence-corrected chi connectivity index (χ3v) is 7.06. The summed E-state index contributed by atoms with van der Waals surface area (Å²) in [5.41, 5.74) is -0.400. The second-order valence-electron chi connectivity index (χ2n) is 8.39. The van der Waals surface area contributed by atoms with Crippen LogP contribution >= 0.6 is 15.9 Å². The summed E-state index contributed by atoms with van der Waals surface area (Å²) in [7, 11) is 0. The van der Waals surface area contributed by atoms with Crippen molar-refractivity contribution in [3.8, 4) is 5.75 Å². The predicted octanol–water partition coefficient (Wildman–Crippen LogP) is 4.50. The number of para-hydroxylation sites is 2. The summed E-state index contributed by atoms with van der Waals surface area (Å²) < 4.78 is 34.7. The minimum absolute atomic E-state index is 0.0178. The molecule has 0 radical (unpaired) electrons. The lowest BCUT2D eigenvalue weighted by atomic mass is 9.49. The van der Waals surface area contributed by atoms with E-state index in [-0.39, 0.29) is 21.7 Å². The number of alkyl halides is 3. The fourth-order valence-corrected chi connectivity index (χ4v) is 7.08. The lowest BCUT2D eigenvalue weighted by Gasteiger charge is -2.58. The largest absolute Gasteiger partial charge is 0.455 e. The van der Waals surface area contributed by atoms with E-state index in [0.29, 0.717) is 11.8 Å². The van der Waals surface area contributed by atoms with Crippen molar-refractivity contribution in [2.75, 3.05) is 11.9 Å². The number of carbonyl (C=O) groups is 2. The van der Waals surface area contributed by atoms with Crippen LogP contribution in [0.3, 0.4) is 0 Å². The number of amides is 1. The summed E-state index contributed by atoms with van der Waals surface area (Å²) in [6.45, 7) is -3.45. The lowest BCUT2D eigenvalue weighted by molar-refractivity contribution is -0.170. The number of ether oxygens (including phenoxy) is 2. The first kappa shape index (κ1) is 19.6. The molecule has 0 aliphatic heterocycles. The SMILES string of the molecule is O=C(COC(=O)C12C[C@@H]3C[C@@H](CC(Br)(C3)C1)C2)Nc1ccccc1OC(F)F. The van der Waals surface area contributed by atoms with Crippen molar-refractivity contribution in [2.45, 2.75) is 49.5 Å². The number of benzene rings is 1. The van der Waals surface area contributed by atoms with E-state index in [9.17, 15) is 18.4 Å². The number of esters is 1. The van der Waals surface area contributed by atoms with Crippen molar-refractivity contribution >= 4 is 33.5 Å². The number of nitrogens with one attached hydrogen (secondary N) is 1. The van der Waals surface area contributed by atoms with Gasteiger partial charge in [0.25, 0.3) is 5.91 Å². The van der Waals surface area contributed by atoms with Crippen LogP contribution in [0.25, 0.3) is 0 Å². The van der Waals surface area contributed by atoms with E-state index in [0.717, 1.165) is 32.1 Å². The van der Waals surface area contributed by atoms with E-state index < -0.39 is 24.5 Å². The molecular weight excluding hydrogens is 436 g/mol. The van der Waals surface area contributed by atoms with Gasteiger partial charge in [-0.25, -0.2) is 0 Å². The number of hydrogen-bond donors (Lipinski definition) is 1. The van der Waals surface area contributed by atoms with Gasteiger partial charge in [-0.3, -0.25) is 9.59 Å². The highest BCUT2D eigenvalue weighted by molar-refractivity contribution is 9.10. The van der Waals surface area contributed by atoms with Crippen LogP contribution in [-0.2, 0) is 14.3 Å². The summed E-state index contributed by atoms with van der Waals surface area (Å²) in [4.78, 5) is 25.1. The molecule has 5 rings (SSSR count). The average Bonchev–Trinajstić information content (AvgIpc) is 2.59. The Morgan fingerprint density at radius 1 is 1.18 bits per heavy atom. The van der Waals surface area contributed by atoms with Gasteiger partial charge in [0.2, 0.25) is 0 Å². The number of halogens is 3. The van der Waals surface area contributed by atoms with E-state index in [4.69, 9.17) is 4.74 Å². The summed E-state index contributed by atoms with van der Waals surface area (Å²) in [6.07, 6.45) is 5.76. The molecule has 4 bridgehead atoms. The highest BCUT2D eigenvalue weighted by atomic mass is 79.9. The quantitative estimate of drug-likeness (QED) is 0.504. The molecule has 4 saturated carbocycles. The minimum atomic E-state index is -3.00. The number of rotatable bonds is 6. The van der Waals surface area contributed by atoms with Gasteiger partial charge in [0.15, 0.2) is 6.61 Å². The zero-order chi connectivity index (χ0) is 19.9. The maximum Gasteiger partial charge on any atom is 0.387 e. The lowest BCUT2D eigenvalue weighted by Crippen LogP contribution is -2.56. The van der Waals surface area contributed by atoms with Crippen molar-refractivity contribution in [2.24, 2.45) is 17.3 Å². The predicted molar refractivity (Wildman–Crippen MR) is 101 cm³/mol. The standard InChI is InChI=1S/C20H22BrF2NO4/c21-20-8-12-5-13(9-20)7-19(6-12,11-20)17(26)27-10-16(25)24-14-3-1-2-4-15(14)28-18(22)23/h1-4,12-13,18H,5-11H2,(H,24,25)/t12-,13+,19?,20?. The summed E-state index contributed by atoms with van der Waals surface area (Å²) in [6, 6.07) is 5.89. The monoisotopic (exact) mass is 457 g/mol. The summed E-state index contributed by atoms with van der Waals surface area (Å²) in [5, 5.41) is 2.47. The van der Waals surface area contributed by atoms with Crippen molar-refractivity contribution in [3.05, 3.63) is 24.3 Å².